The van der Waals surface area contributed by atoms with Gasteiger partial charge in [-0.05, 0) is 47.5 Å². The van der Waals surface area contributed by atoms with Gasteiger partial charge >= 0.3 is 0 Å². The minimum absolute atomic E-state index is 0.0873. The molecule has 1 atom stereocenters. The number of carbonyl (C=O) groups excluding carboxylic acids is 1. The van der Waals surface area contributed by atoms with Gasteiger partial charge in [-0.1, -0.05) is 24.2 Å². The van der Waals surface area contributed by atoms with E-state index < -0.39 is 0 Å². The lowest BCUT2D eigenvalue weighted by atomic mass is 10.0. The summed E-state index contributed by atoms with van der Waals surface area (Å²) in [6.07, 6.45) is 0.957. The lowest BCUT2D eigenvalue weighted by molar-refractivity contribution is -0.133. The molecule has 28 heavy (non-hydrogen) atoms. The van der Waals surface area contributed by atoms with Crippen LogP contribution in [0.25, 0.3) is 0 Å². The Hall–Kier alpha value is -3.02. The fraction of sp³-hybridized carbons (Fsp3) is 0.364. The Morgan fingerprint density at radius 2 is 1.89 bits per heavy atom. The van der Waals surface area contributed by atoms with E-state index >= 15 is 0 Å². The van der Waals surface area contributed by atoms with Crippen molar-refractivity contribution in [2.45, 2.75) is 32.4 Å². The summed E-state index contributed by atoms with van der Waals surface area (Å²) in [6, 6.07) is 15.5. The Morgan fingerprint density at radius 1 is 1.14 bits per heavy atom. The van der Waals surface area contributed by atoms with E-state index in [2.05, 4.69) is 5.16 Å². The van der Waals surface area contributed by atoms with Crippen LogP contribution < -0.4 is 9.47 Å². The summed E-state index contributed by atoms with van der Waals surface area (Å²) >= 11 is 0. The van der Waals surface area contributed by atoms with Crippen LogP contribution in [-0.2, 0) is 16.2 Å². The molecule has 0 aliphatic carbocycles. The molecule has 0 saturated carbocycles. The topological polar surface area (TPSA) is 60.4 Å². The number of hydrogen-bond donors (Lipinski definition) is 0. The van der Waals surface area contributed by atoms with Crippen LogP contribution in [0.15, 0.2) is 53.7 Å². The zero-order valence-corrected chi connectivity index (χ0v) is 16.6. The molecule has 1 heterocycles. The Labute approximate surface area is 165 Å². The third-order valence-corrected chi connectivity index (χ3v) is 4.74. The maximum Gasteiger partial charge on any atom is 0.222 e. The molecule has 6 heteroatoms. The minimum atomic E-state index is -0.154. The van der Waals surface area contributed by atoms with Crippen molar-refractivity contribution in [3.63, 3.8) is 0 Å². The first-order valence-corrected chi connectivity index (χ1v) is 9.40. The molecule has 0 fully saturated rings. The molecule has 148 valence electrons. The third kappa shape index (κ3) is 4.82. The molecule has 2 aromatic rings. The van der Waals surface area contributed by atoms with Crippen LogP contribution in [0.3, 0.4) is 0 Å². The molecule has 1 aliphatic rings. The Kier molecular flexibility index (Phi) is 6.53. The zero-order valence-electron chi connectivity index (χ0n) is 16.6. The van der Waals surface area contributed by atoms with Crippen LogP contribution >= 0.6 is 0 Å². The number of hydrogen-bond acceptors (Lipinski definition) is 5. The molecule has 1 amide bonds. The van der Waals surface area contributed by atoms with Crippen molar-refractivity contribution in [3.05, 3.63) is 59.7 Å². The third-order valence-electron chi connectivity index (χ3n) is 4.74. The highest BCUT2D eigenvalue weighted by molar-refractivity contribution is 6.01. The summed E-state index contributed by atoms with van der Waals surface area (Å²) in [5, 5.41) is 4.23. The summed E-state index contributed by atoms with van der Waals surface area (Å²) in [5.41, 5.74) is 2.91. The number of oxime groups is 1. The number of rotatable bonds is 8. The van der Waals surface area contributed by atoms with Gasteiger partial charge in [-0.3, -0.25) is 4.79 Å². The highest BCUT2D eigenvalue weighted by Gasteiger charge is 2.26. The van der Waals surface area contributed by atoms with Gasteiger partial charge in [0.05, 0.1) is 26.5 Å². The van der Waals surface area contributed by atoms with Gasteiger partial charge in [-0.2, -0.15) is 0 Å². The molecule has 0 aromatic heterocycles. The number of carbonyl (C=O) groups is 1. The maximum absolute atomic E-state index is 12.5. The summed E-state index contributed by atoms with van der Waals surface area (Å²) in [5.74, 6) is 1.67. The van der Waals surface area contributed by atoms with Crippen LogP contribution in [0, 0.1) is 0 Å². The van der Waals surface area contributed by atoms with Crippen molar-refractivity contribution in [2.75, 3.05) is 20.8 Å². The van der Waals surface area contributed by atoms with E-state index in [9.17, 15) is 4.79 Å². The number of nitrogens with zero attached hydrogens (tertiary/aromatic N) is 2. The lowest BCUT2D eigenvalue weighted by Crippen LogP contribution is -2.36. The Morgan fingerprint density at radius 3 is 2.57 bits per heavy atom. The molecule has 3 rings (SSSR count). The van der Waals surface area contributed by atoms with E-state index in [1.165, 1.54) is 0 Å². The smallest absolute Gasteiger partial charge is 0.222 e. The lowest BCUT2D eigenvalue weighted by Gasteiger charge is -2.24. The second kappa shape index (κ2) is 9.26. The van der Waals surface area contributed by atoms with Crippen molar-refractivity contribution in [1.82, 2.24) is 4.90 Å². The molecular weight excluding hydrogens is 356 g/mol. The van der Waals surface area contributed by atoms with Crippen LogP contribution in [-0.4, -0.2) is 43.4 Å². The molecule has 0 radical (unpaired) electrons. The van der Waals surface area contributed by atoms with Gasteiger partial charge in [-0.15, -0.1) is 0 Å². The molecule has 1 aliphatic heterocycles. The van der Waals surface area contributed by atoms with Crippen molar-refractivity contribution >= 4 is 11.6 Å². The number of methoxy groups -OCH3 is 2. The average Bonchev–Trinajstić information content (AvgIpc) is 3.21. The van der Waals surface area contributed by atoms with E-state index in [1.807, 2.05) is 60.4 Å². The normalized spacial score (nSPS) is 15.5. The van der Waals surface area contributed by atoms with Gasteiger partial charge in [-0.25, -0.2) is 0 Å². The second-order valence-electron chi connectivity index (χ2n) is 6.68. The molecule has 2 aromatic carbocycles. The fourth-order valence-corrected chi connectivity index (χ4v) is 3.20. The second-order valence-corrected chi connectivity index (χ2v) is 6.68. The van der Waals surface area contributed by atoms with E-state index in [4.69, 9.17) is 14.3 Å². The largest absolute Gasteiger partial charge is 0.497 e. The highest BCUT2D eigenvalue weighted by atomic mass is 16.6. The van der Waals surface area contributed by atoms with Crippen molar-refractivity contribution in [1.29, 1.82) is 0 Å². The quantitative estimate of drug-likeness (QED) is 0.699. The van der Waals surface area contributed by atoms with E-state index in [-0.39, 0.29) is 12.0 Å². The van der Waals surface area contributed by atoms with Gasteiger partial charge in [0.2, 0.25) is 5.91 Å². The van der Waals surface area contributed by atoms with Crippen molar-refractivity contribution in [3.8, 4) is 11.5 Å². The number of amides is 1. The first-order chi connectivity index (χ1) is 13.6. The molecule has 6 nitrogen and oxygen atoms in total. The fourth-order valence-electron chi connectivity index (χ4n) is 3.20. The average molecular weight is 382 g/mol. The summed E-state index contributed by atoms with van der Waals surface area (Å²) in [7, 11) is 3.28. The summed E-state index contributed by atoms with van der Waals surface area (Å²) < 4.78 is 10.5. The van der Waals surface area contributed by atoms with Crippen molar-refractivity contribution < 1.29 is 19.1 Å². The van der Waals surface area contributed by atoms with Gasteiger partial charge < -0.3 is 19.2 Å². The van der Waals surface area contributed by atoms with E-state index in [1.54, 1.807) is 14.2 Å². The molecule has 0 N–H and O–H groups in total. The number of benzene rings is 2. The number of ether oxygens (including phenoxy) is 2. The molecule has 0 bridgehead atoms. The van der Waals surface area contributed by atoms with Crippen LogP contribution in [0.1, 0.15) is 30.9 Å². The maximum atomic E-state index is 12.5. The Balaban J connectivity index is 1.64. The van der Waals surface area contributed by atoms with Crippen molar-refractivity contribution in [2.24, 2.45) is 5.16 Å². The van der Waals surface area contributed by atoms with Crippen LogP contribution in [0.4, 0.5) is 0 Å². The molecule has 0 saturated heterocycles. The van der Waals surface area contributed by atoms with Gasteiger partial charge in [0.15, 0.2) is 6.10 Å². The Bertz CT molecular complexity index is 833. The van der Waals surface area contributed by atoms with Crippen LogP contribution in [0.2, 0.25) is 0 Å². The van der Waals surface area contributed by atoms with Crippen LogP contribution in [0.5, 0.6) is 11.5 Å². The highest BCUT2D eigenvalue weighted by Crippen LogP contribution is 2.21. The van der Waals surface area contributed by atoms with Gasteiger partial charge in [0, 0.05) is 19.4 Å². The summed E-state index contributed by atoms with van der Waals surface area (Å²) in [6.45, 7) is 2.88. The predicted octanol–water partition coefficient (Wildman–Crippen LogP) is 3.64. The molecule has 0 unspecified atom stereocenters. The molecule has 0 spiro atoms. The van der Waals surface area contributed by atoms with Gasteiger partial charge in [0.25, 0.3) is 0 Å². The van der Waals surface area contributed by atoms with E-state index in [0.717, 1.165) is 28.3 Å². The van der Waals surface area contributed by atoms with Gasteiger partial charge in [0.1, 0.15) is 11.5 Å². The molecular formula is C22H26N2O4. The summed E-state index contributed by atoms with van der Waals surface area (Å²) in [4.78, 5) is 19.9. The monoisotopic (exact) mass is 382 g/mol. The minimum Gasteiger partial charge on any atom is -0.497 e. The standard InChI is InChI=1S/C22H26N2O4/c1-4-22(25)24(14-16-6-5-7-19(12-16)27-3)15-20-13-21(23-28-20)17-8-10-18(26-2)11-9-17/h5-12,20H,4,13-15H2,1-3H3/t20-/m1/s1. The SMILES string of the molecule is CCC(=O)N(Cc1cccc(OC)c1)C[C@H]1CC(c2ccc(OC)cc2)=NO1. The predicted molar refractivity (Wildman–Crippen MR) is 108 cm³/mol. The van der Waals surface area contributed by atoms with E-state index in [0.29, 0.717) is 25.9 Å². The first kappa shape index (κ1) is 19.7. The first-order valence-electron chi connectivity index (χ1n) is 9.40. The zero-order chi connectivity index (χ0) is 19.9.